The van der Waals surface area contributed by atoms with Crippen molar-refractivity contribution < 1.29 is 13.2 Å². The molecule has 1 amide bonds. The Balaban J connectivity index is 1.96. The molecule has 6 heteroatoms. The molecule has 1 atom stereocenters. The number of carbonyl (C=O) groups is 1. The van der Waals surface area contributed by atoms with Gasteiger partial charge in [0.15, 0.2) is 0 Å². The van der Waals surface area contributed by atoms with Gasteiger partial charge in [-0.1, -0.05) is 24.3 Å². The standard InChI is InChI=1S/C24H34N2O3S/c1-16-14-18(3)22(15-17(16)2)19(4)25-23(27)13-10-20-8-11-21(12-9-20)30(28,29)26-24(5,6)7/h8-9,11-12,14-15,19,26H,10,13H2,1-7H3,(H,25,27). The molecule has 2 aromatic rings. The van der Waals surface area contributed by atoms with Gasteiger partial charge in [-0.3, -0.25) is 4.79 Å². The number of aryl methyl sites for hydroxylation is 4. The number of amides is 1. The molecule has 0 radical (unpaired) electrons. The van der Waals surface area contributed by atoms with Gasteiger partial charge in [-0.25, -0.2) is 13.1 Å². The van der Waals surface area contributed by atoms with E-state index in [-0.39, 0.29) is 16.8 Å². The van der Waals surface area contributed by atoms with Crippen LogP contribution in [0.15, 0.2) is 41.3 Å². The fourth-order valence-corrected chi connectivity index (χ4v) is 4.81. The lowest BCUT2D eigenvalue weighted by Gasteiger charge is -2.20. The maximum absolute atomic E-state index is 12.4. The first-order valence-electron chi connectivity index (χ1n) is 10.3. The predicted octanol–water partition coefficient (Wildman–Crippen LogP) is 4.50. The lowest BCUT2D eigenvalue weighted by atomic mass is 9.96. The summed E-state index contributed by atoms with van der Waals surface area (Å²) in [5.41, 5.74) is 5.15. The number of sulfonamides is 1. The first kappa shape index (κ1) is 24.1. The Kier molecular flexibility index (Phi) is 7.48. The van der Waals surface area contributed by atoms with Crippen LogP contribution < -0.4 is 10.0 Å². The molecule has 30 heavy (non-hydrogen) atoms. The van der Waals surface area contributed by atoms with Gasteiger partial charge in [0.05, 0.1) is 10.9 Å². The van der Waals surface area contributed by atoms with Crippen LogP contribution in [0.3, 0.4) is 0 Å². The number of hydrogen-bond acceptors (Lipinski definition) is 3. The minimum absolute atomic E-state index is 0.0220. The van der Waals surface area contributed by atoms with Crippen molar-refractivity contribution >= 4 is 15.9 Å². The molecule has 0 saturated carbocycles. The van der Waals surface area contributed by atoms with E-state index in [1.165, 1.54) is 16.7 Å². The summed E-state index contributed by atoms with van der Waals surface area (Å²) in [6.45, 7) is 13.6. The first-order chi connectivity index (χ1) is 13.8. The van der Waals surface area contributed by atoms with Crippen LogP contribution in [0.1, 0.15) is 68.0 Å². The van der Waals surface area contributed by atoms with Crippen LogP contribution in [0.2, 0.25) is 0 Å². The zero-order valence-electron chi connectivity index (χ0n) is 19.1. The minimum atomic E-state index is -3.55. The quantitative estimate of drug-likeness (QED) is 0.679. The van der Waals surface area contributed by atoms with Gasteiger partial charge in [0.1, 0.15) is 0 Å². The fraction of sp³-hybridized carbons (Fsp3) is 0.458. The van der Waals surface area contributed by atoms with Crippen molar-refractivity contribution in [2.75, 3.05) is 0 Å². The topological polar surface area (TPSA) is 75.3 Å². The third-order valence-corrected chi connectivity index (χ3v) is 6.82. The van der Waals surface area contributed by atoms with E-state index in [0.29, 0.717) is 12.8 Å². The Hall–Kier alpha value is -2.18. The molecule has 0 aromatic heterocycles. The van der Waals surface area contributed by atoms with Crippen molar-refractivity contribution in [2.45, 2.75) is 77.8 Å². The lowest BCUT2D eigenvalue weighted by Crippen LogP contribution is -2.40. The Morgan fingerprint density at radius 3 is 2.10 bits per heavy atom. The van der Waals surface area contributed by atoms with E-state index in [9.17, 15) is 13.2 Å². The van der Waals surface area contributed by atoms with Crippen molar-refractivity contribution in [1.82, 2.24) is 10.0 Å². The highest BCUT2D eigenvalue weighted by Gasteiger charge is 2.21. The van der Waals surface area contributed by atoms with Crippen LogP contribution in [-0.2, 0) is 21.2 Å². The summed E-state index contributed by atoms with van der Waals surface area (Å²) < 4.78 is 27.4. The molecule has 0 fully saturated rings. The van der Waals surface area contributed by atoms with Crippen LogP contribution in [0, 0.1) is 20.8 Å². The number of nitrogens with one attached hydrogen (secondary N) is 2. The zero-order valence-corrected chi connectivity index (χ0v) is 19.9. The highest BCUT2D eigenvalue weighted by Crippen LogP contribution is 2.22. The van der Waals surface area contributed by atoms with Crippen molar-refractivity contribution in [3.63, 3.8) is 0 Å². The second kappa shape index (κ2) is 9.31. The maximum Gasteiger partial charge on any atom is 0.241 e. The van der Waals surface area contributed by atoms with Crippen LogP contribution in [0.4, 0.5) is 0 Å². The summed E-state index contributed by atoms with van der Waals surface area (Å²) in [5.74, 6) is -0.0220. The Bertz CT molecular complexity index is 1000. The van der Waals surface area contributed by atoms with E-state index in [4.69, 9.17) is 0 Å². The predicted molar refractivity (Wildman–Crippen MR) is 122 cm³/mol. The Labute approximate surface area is 181 Å². The third kappa shape index (κ3) is 6.67. The number of carbonyl (C=O) groups excluding carboxylic acids is 1. The number of benzene rings is 2. The van der Waals surface area contributed by atoms with Gasteiger partial charge in [0, 0.05) is 12.0 Å². The molecule has 2 aromatic carbocycles. The summed E-state index contributed by atoms with van der Waals surface area (Å²) in [4.78, 5) is 12.7. The summed E-state index contributed by atoms with van der Waals surface area (Å²) in [5, 5.41) is 3.07. The molecular weight excluding hydrogens is 396 g/mol. The van der Waals surface area contributed by atoms with Crippen molar-refractivity contribution in [2.24, 2.45) is 0 Å². The van der Waals surface area contributed by atoms with Crippen molar-refractivity contribution in [3.8, 4) is 0 Å². The van der Waals surface area contributed by atoms with Gasteiger partial charge in [0.25, 0.3) is 0 Å². The van der Waals surface area contributed by atoms with E-state index >= 15 is 0 Å². The Morgan fingerprint density at radius 2 is 1.53 bits per heavy atom. The second-order valence-corrected chi connectivity index (χ2v) is 10.8. The number of rotatable bonds is 7. The summed E-state index contributed by atoms with van der Waals surface area (Å²) in [7, 11) is -3.55. The van der Waals surface area contributed by atoms with Crippen molar-refractivity contribution in [1.29, 1.82) is 0 Å². The molecule has 0 bridgehead atoms. The zero-order chi connectivity index (χ0) is 22.7. The van der Waals surface area contributed by atoms with E-state index in [2.05, 4.69) is 42.9 Å². The molecule has 1 unspecified atom stereocenters. The van der Waals surface area contributed by atoms with Gasteiger partial charge < -0.3 is 5.32 Å². The molecule has 2 N–H and O–H groups in total. The monoisotopic (exact) mass is 430 g/mol. The highest BCUT2D eigenvalue weighted by molar-refractivity contribution is 7.89. The largest absolute Gasteiger partial charge is 0.350 e. The van der Waals surface area contributed by atoms with E-state index < -0.39 is 15.6 Å². The van der Waals surface area contributed by atoms with Gasteiger partial charge >= 0.3 is 0 Å². The molecular formula is C24H34N2O3S. The first-order valence-corrected chi connectivity index (χ1v) is 11.8. The van der Waals surface area contributed by atoms with Crippen molar-refractivity contribution in [3.05, 3.63) is 64.2 Å². The molecule has 0 heterocycles. The van der Waals surface area contributed by atoms with Gasteiger partial charge in [-0.05, 0) is 94.8 Å². The Morgan fingerprint density at radius 1 is 0.967 bits per heavy atom. The van der Waals surface area contributed by atoms with Gasteiger partial charge in [-0.2, -0.15) is 0 Å². The summed E-state index contributed by atoms with van der Waals surface area (Å²) in [6, 6.07) is 10.9. The molecule has 0 spiro atoms. The highest BCUT2D eigenvalue weighted by atomic mass is 32.2. The van der Waals surface area contributed by atoms with Crippen LogP contribution >= 0.6 is 0 Å². The molecule has 0 aliphatic carbocycles. The molecule has 0 aliphatic rings. The van der Waals surface area contributed by atoms with Gasteiger partial charge in [-0.15, -0.1) is 0 Å². The maximum atomic E-state index is 12.4. The second-order valence-electron chi connectivity index (χ2n) is 9.08. The number of hydrogen-bond donors (Lipinski definition) is 2. The average molecular weight is 431 g/mol. The fourth-order valence-electron chi connectivity index (χ4n) is 3.40. The van der Waals surface area contributed by atoms with Gasteiger partial charge in [0.2, 0.25) is 15.9 Å². The normalized spacial score (nSPS) is 13.2. The smallest absolute Gasteiger partial charge is 0.241 e. The van der Waals surface area contributed by atoms with Crippen LogP contribution in [0.5, 0.6) is 0 Å². The molecule has 2 rings (SSSR count). The third-order valence-electron chi connectivity index (χ3n) is 5.04. The van der Waals surface area contributed by atoms with E-state index in [1.54, 1.807) is 45.0 Å². The lowest BCUT2D eigenvalue weighted by molar-refractivity contribution is -0.121. The SMILES string of the molecule is Cc1cc(C)c(C(C)NC(=O)CCc2ccc(S(=O)(=O)NC(C)(C)C)cc2)cc1C. The molecule has 0 saturated heterocycles. The average Bonchev–Trinajstić information content (AvgIpc) is 2.61. The molecule has 0 aliphatic heterocycles. The molecule has 164 valence electrons. The summed E-state index contributed by atoms with van der Waals surface area (Å²) >= 11 is 0. The minimum Gasteiger partial charge on any atom is -0.350 e. The summed E-state index contributed by atoms with van der Waals surface area (Å²) in [6.07, 6.45) is 0.901. The molecule has 5 nitrogen and oxygen atoms in total. The van der Waals surface area contributed by atoms with E-state index in [0.717, 1.165) is 11.1 Å². The van der Waals surface area contributed by atoms with E-state index in [1.807, 2.05) is 6.92 Å². The van der Waals surface area contributed by atoms with Crippen LogP contribution in [0.25, 0.3) is 0 Å². The van der Waals surface area contributed by atoms with Crippen LogP contribution in [-0.4, -0.2) is 19.9 Å².